The smallest absolute Gasteiger partial charge is 0.251 e. The van der Waals surface area contributed by atoms with Crippen LogP contribution in [0.1, 0.15) is 40.6 Å². The van der Waals surface area contributed by atoms with Crippen molar-refractivity contribution in [2.45, 2.75) is 25.7 Å². The predicted molar refractivity (Wildman–Crippen MR) is 106 cm³/mol. The quantitative estimate of drug-likeness (QED) is 0.757. The summed E-state index contributed by atoms with van der Waals surface area (Å²) in [5.74, 6) is 0.690. The Balaban J connectivity index is 1.29. The topological polar surface area (TPSA) is 75.4 Å². The van der Waals surface area contributed by atoms with E-state index in [2.05, 4.69) is 10.3 Å². The normalized spacial score (nSPS) is 15.0. The first-order valence-electron chi connectivity index (χ1n) is 9.58. The SMILES string of the molecule is Cc1cccc(C(=O)NCC(=O)N2CCC(c3nc4ccccc4o3)CC2)c1. The van der Waals surface area contributed by atoms with Crippen LogP contribution >= 0.6 is 0 Å². The summed E-state index contributed by atoms with van der Waals surface area (Å²) in [4.78, 5) is 31.0. The number of nitrogens with one attached hydrogen (secondary N) is 1. The van der Waals surface area contributed by atoms with Gasteiger partial charge in [0.25, 0.3) is 5.91 Å². The summed E-state index contributed by atoms with van der Waals surface area (Å²) in [5.41, 5.74) is 3.26. The molecule has 6 nitrogen and oxygen atoms in total. The Hall–Kier alpha value is -3.15. The van der Waals surface area contributed by atoms with Crippen molar-refractivity contribution in [3.63, 3.8) is 0 Å². The molecule has 2 amide bonds. The van der Waals surface area contributed by atoms with Gasteiger partial charge < -0.3 is 14.6 Å². The second-order valence-electron chi connectivity index (χ2n) is 7.23. The monoisotopic (exact) mass is 377 g/mol. The van der Waals surface area contributed by atoms with Gasteiger partial charge in [0.2, 0.25) is 5.91 Å². The number of benzene rings is 2. The van der Waals surface area contributed by atoms with Crippen LogP contribution in [0.2, 0.25) is 0 Å². The zero-order chi connectivity index (χ0) is 19.5. The molecule has 0 spiro atoms. The molecule has 0 unspecified atom stereocenters. The number of nitrogens with zero attached hydrogens (tertiary/aromatic N) is 2. The second-order valence-corrected chi connectivity index (χ2v) is 7.23. The highest BCUT2D eigenvalue weighted by molar-refractivity contribution is 5.96. The van der Waals surface area contributed by atoms with Crippen LogP contribution in [-0.2, 0) is 4.79 Å². The Morgan fingerprint density at radius 1 is 1.14 bits per heavy atom. The molecule has 144 valence electrons. The van der Waals surface area contributed by atoms with Gasteiger partial charge >= 0.3 is 0 Å². The molecule has 2 heterocycles. The maximum absolute atomic E-state index is 12.5. The molecule has 3 aromatic rings. The first-order chi connectivity index (χ1) is 13.6. The molecule has 1 aromatic heterocycles. The van der Waals surface area contributed by atoms with Crippen molar-refractivity contribution in [3.8, 4) is 0 Å². The maximum Gasteiger partial charge on any atom is 0.251 e. The van der Waals surface area contributed by atoms with Gasteiger partial charge in [-0.2, -0.15) is 0 Å². The lowest BCUT2D eigenvalue weighted by Crippen LogP contribution is -2.43. The van der Waals surface area contributed by atoms with Crippen molar-refractivity contribution in [1.82, 2.24) is 15.2 Å². The van der Waals surface area contributed by atoms with Crippen molar-refractivity contribution in [2.75, 3.05) is 19.6 Å². The molecule has 28 heavy (non-hydrogen) atoms. The van der Waals surface area contributed by atoms with Crippen molar-refractivity contribution in [2.24, 2.45) is 0 Å². The molecular formula is C22H23N3O3. The van der Waals surface area contributed by atoms with Crippen molar-refractivity contribution in [1.29, 1.82) is 0 Å². The number of aromatic nitrogens is 1. The van der Waals surface area contributed by atoms with Gasteiger partial charge in [-0.15, -0.1) is 0 Å². The fourth-order valence-corrected chi connectivity index (χ4v) is 3.60. The number of fused-ring (bicyclic) bond motifs is 1. The number of hydrogen-bond acceptors (Lipinski definition) is 4. The molecule has 1 aliphatic heterocycles. The van der Waals surface area contributed by atoms with E-state index in [4.69, 9.17) is 4.42 Å². The number of carbonyl (C=O) groups is 2. The van der Waals surface area contributed by atoms with E-state index in [0.717, 1.165) is 35.4 Å². The molecular weight excluding hydrogens is 354 g/mol. The third-order valence-electron chi connectivity index (χ3n) is 5.19. The summed E-state index contributed by atoms with van der Waals surface area (Å²) >= 11 is 0. The van der Waals surface area contributed by atoms with Gasteiger partial charge in [-0.25, -0.2) is 4.98 Å². The van der Waals surface area contributed by atoms with Crippen LogP contribution in [0.3, 0.4) is 0 Å². The molecule has 1 fully saturated rings. The summed E-state index contributed by atoms with van der Waals surface area (Å²) < 4.78 is 5.87. The second kappa shape index (κ2) is 7.84. The number of likely N-dealkylation sites (tertiary alicyclic amines) is 1. The fraction of sp³-hybridized carbons (Fsp3) is 0.318. The van der Waals surface area contributed by atoms with Crippen molar-refractivity contribution >= 4 is 22.9 Å². The molecule has 6 heteroatoms. The van der Waals surface area contributed by atoms with E-state index in [-0.39, 0.29) is 24.3 Å². The van der Waals surface area contributed by atoms with Gasteiger partial charge in [-0.1, -0.05) is 29.8 Å². The van der Waals surface area contributed by atoms with E-state index < -0.39 is 0 Å². The Labute approximate surface area is 163 Å². The average Bonchev–Trinajstić information content (AvgIpc) is 3.16. The Morgan fingerprint density at radius 2 is 1.93 bits per heavy atom. The summed E-state index contributed by atoms with van der Waals surface area (Å²) in [5, 5.41) is 2.72. The Kier molecular flexibility index (Phi) is 5.10. The molecule has 1 N–H and O–H groups in total. The van der Waals surface area contributed by atoms with Crippen LogP contribution < -0.4 is 5.32 Å². The minimum atomic E-state index is -0.224. The minimum Gasteiger partial charge on any atom is -0.440 e. The maximum atomic E-state index is 12.5. The third kappa shape index (κ3) is 3.91. The molecule has 0 aliphatic carbocycles. The molecule has 0 bridgehead atoms. The van der Waals surface area contributed by atoms with E-state index in [9.17, 15) is 9.59 Å². The van der Waals surface area contributed by atoms with Crippen molar-refractivity contribution in [3.05, 3.63) is 65.5 Å². The molecule has 2 aromatic carbocycles. The number of oxazole rings is 1. The van der Waals surface area contributed by atoms with Gasteiger partial charge in [-0.3, -0.25) is 9.59 Å². The predicted octanol–water partition coefficient (Wildman–Crippen LogP) is 3.27. The first-order valence-corrected chi connectivity index (χ1v) is 9.58. The number of hydrogen-bond donors (Lipinski definition) is 1. The number of para-hydroxylation sites is 2. The van der Waals surface area contributed by atoms with E-state index in [0.29, 0.717) is 18.7 Å². The zero-order valence-corrected chi connectivity index (χ0v) is 15.9. The van der Waals surface area contributed by atoms with Crippen LogP contribution in [0.5, 0.6) is 0 Å². The number of carbonyl (C=O) groups excluding carboxylic acids is 2. The van der Waals surface area contributed by atoms with E-state index >= 15 is 0 Å². The number of piperidine rings is 1. The Bertz CT molecular complexity index is 970. The van der Waals surface area contributed by atoms with Crippen LogP contribution in [-0.4, -0.2) is 41.3 Å². The third-order valence-corrected chi connectivity index (χ3v) is 5.19. The molecule has 1 saturated heterocycles. The van der Waals surface area contributed by atoms with Gasteiger partial charge in [-0.05, 0) is 44.0 Å². The summed E-state index contributed by atoms with van der Waals surface area (Å²) in [6, 6.07) is 15.1. The average molecular weight is 377 g/mol. The first kappa shape index (κ1) is 18.2. The van der Waals surface area contributed by atoms with Gasteiger partial charge in [0.05, 0.1) is 6.54 Å². The number of aryl methyl sites for hydroxylation is 1. The highest BCUT2D eigenvalue weighted by atomic mass is 16.3. The van der Waals surface area contributed by atoms with E-state index in [1.165, 1.54) is 0 Å². The van der Waals surface area contributed by atoms with Crippen LogP contribution in [0.25, 0.3) is 11.1 Å². The van der Waals surface area contributed by atoms with E-state index in [1.54, 1.807) is 11.0 Å². The van der Waals surface area contributed by atoms with Crippen LogP contribution in [0.15, 0.2) is 52.9 Å². The summed E-state index contributed by atoms with van der Waals surface area (Å²) in [7, 11) is 0. The molecule has 1 aliphatic rings. The lowest BCUT2D eigenvalue weighted by Gasteiger charge is -2.30. The number of rotatable bonds is 4. The Morgan fingerprint density at radius 3 is 2.68 bits per heavy atom. The highest BCUT2D eigenvalue weighted by Crippen LogP contribution is 2.29. The zero-order valence-electron chi connectivity index (χ0n) is 15.9. The number of amides is 2. The fourth-order valence-electron chi connectivity index (χ4n) is 3.60. The molecule has 0 radical (unpaired) electrons. The van der Waals surface area contributed by atoms with Gasteiger partial charge in [0.1, 0.15) is 5.52 Å². The standard InChI is InChI=1S/C22H23N3O3/c1-15-5-4-6-17(13-15)21(27)23-14-20(26)25-11-9-16(10-12-25)22-24-18-7-2-3-8-19(18)28-22/h2-8,13,16H,9-12,14H2,1H3,(H,23,27). The van der Waals surface area contributed by atoms with Gasteiger partial charge in [0, 0.05) is 24.6 Å². The van der Waals surface area contributed by atoms with Crippen LogP contribution in [0, 0.1) is 6.92 Å². The van der Waals surface area contributed by atoms with Crippen LogP contribution in [0.4, 0.5) is 0 Å². The van der Waals surface area contributed by atoms with E-state index in [1.807, 2.05) is 49.4 Å². The van der Waals surface area contributed by atoms with Crippen molar-refractivity contribution < 1.29 is 14.0 Å². The lowest BCUT2D eigenvalue weighted by molar-refractivity contribution is -0.131. The minimum absolute atomic E-state index is 0.0142. The molecule has 0 atom stereocenters. The lowest BCUT2D eigenvalue weighted by atomic mass is 9.97. The summed E-state index contributed by atoms with van der Waals surface area (Å²) in [6.07, 6.45) is 1.62. The summed E-state index contributed by atoms with van der Waals surface area (Å²) in [6.45, 7) is 3.23. The largest absolute Gasteiger partial charge is 0.440 e. The molecule has 4 rings (SSSR count). The molecule has 0 saturated carbocycles. The van der Waals surface area contributed by atoms with Gasteiger partial charge in [0.15, 0.2) is 11.5 Å². The highest BCUT2D eigenvalue weighted by Gasteiger charge is 2.27.